The third-order valence-corrected chi connectivity index (χ3v) is 6.23. The zero-order chi connectivity index (χ0) is 19.0. The van der Waals surface area contributed by atoms with Crippen LogP contribution in [0.1, 0.15) is 18.9 Å². The molecule has 1 aromatic heterocycles. The highest BCUT2D eigenvalue weighted by atomic mass is 127. The minimum atomic E-state index is -3.11. The summed E-state index contributed by atoms with van der Waals surface area (Å²) in [6.07, 6.45) is 3.66. The van der Waals surface area contributed by atoms with Crippen molar-refractivity contribution in [1.29, 1.82) is 0 Å². The van der Waals surface area contributed by atoms with Crippen molar-refractivity contribution in [3.05, 3.63) is 36.0 Å². The van der Waals surface area contributed by atoms with E-state index in [0.717, 1.165) is 30.9 Å². The molecule has 0 amide bonds. The highest BCUT2D eigenvalue weighted by Gasteiger charge is 2.13. The van der Waals surface area contributed by atoms with Crippen LogP contribution < -0.4 is 10.6 Å². The molecule has 0 aliphatic carbocycles. The van der Waals surface area contributed by atoms with Gasteiger partial charge >= 0.3 is 0 Å². The topological polar surface area (TPSA) is 89.6 Å². The predicted octanol–water partition coefficient (Wildman–Crippen LogP) is 2.17. The van der Waals surface area contributed by atoms with Crippen molar-refractivity contribution in [2.24, 2.45) is 4.99 Å². The van der Waals surface area contributed by atoms with Crippen LogP contribution in [0.2, 0.25) is 0 Å². The van der Waals surface area contributed by atoms with Crippen LogP contribution in [0.25, 0.3) is 10.9 Å². The summed E-state index contributed by atoms with van der Waals surface area (Å²) in [5.74, 6) is 0.861. The van der Waals surface area contributed by atoms with E-state index < -0.39 is 10.0 Å². The number of hydrogen-bond donors (Lipinski definition) is 3. The smallest absolute Gasteiger partial charge is 0.213 e. The van der Waals surface area contributed by atoms with Gasteiger partial charge in [-0.2, -0.15) is 0 Å². The summed E-state index contributed by atoms with van der Waals surface area (Å²) in [5, 5.41) is 7.76. The Hall–Kier alpha value is -1.33. The van der Waals surface area contributed by atoms with E-state index in [1.54, 1.807) is 21.0 Å². The second-order valence-corrected chi connectivity index (χ2v) is 8.48. The van der Waals surface area contributed by atoms with Crippen LogP contribution in [-0.4, -0.2) is 63.1 Å². The van der Waals surface area contributed by atoms with Gasteiger partial charge in [-0.05, 0) is 31.4 Å². The first-order valence-corrected chi connectivity index (χ1v) is 10.5. The van der Waals surface area contributed by atoms with Gasteiger partial charge < -0.3 is 15.6 Å². The molecule has 0 saturated heterocycles. The number of para-hydroxylation sites is 1. The Morgan fingerprint density at radius 2 is 1.93 bits per heavy atom. The zero-order valence-electron chi connectivity index (χ0n) is 16.2. The number of aromatic nitrogens is 1. The molecule has 9 heteroatoms. The molecule has 152 valence electrons. The lowest BCUT2D eigenvalue weighted by Gasteiger charge is -2.16. The second kappa shape index (κ2) is 11.5. The van der Waals surface area contributed by atoms with E-state index in [-0.39, 0.29) is 29.7 Å². The summed E-state index contributed by atoms with van der Waals surface area (Å²) >= 11 is 0. The molecule has 2 rings (SSSR count). The number of aromatic amines is 1. The van der Waals surface area contributed by atoms with E-state index in [4.69, 9.17) is 0 Å². The summed E-state index contributed by atoms with van der Waals surface area (Å²) in [4.78, 5) is 7.49. The van der Waals surface area contributed by atoms with Gasteiger partial charge in [-0.25, -0.2) is 12.7 Å². The van der Waals surface area contributed by atoms with Crippen molar-refractivity contribution in [2.45, 2.75) is 19.8 Å². The van der Waals surface area contributed by atoms with Crippen LogP contribution in [0.3, 0.4) is 0 Å². The molecule has 0 spiro atoms. The highest BCUT2D eigenvalue weighted by Crippen LogP contribution is 2.17. The Kier molecular flexibility index (Phi) is 10.1. The van der Waals surface area contributed by atoms with Crippen LogP contribution >= 0.6 is 24.0 Å². The molecule has 1 heterocycles. The third kappa shape index (κ3) is 6.96. The van der Waals surface area contributed by atoms with Crippen LogP contribution in [-0.2, 0) is 16.4 Å². The van der Waals surface area contributed by atoms with Crippen LogP contribution in [0.5, 0.6) is 0 Å². The number of nitrogens with zero attached hydrogens (tertiary/aromatic N) is 2. The number of benzene rings is 1. The maximum atomic E-state index is 11.7. The summed E-state index contributed by atoms with van der Waals surface area (Å²) < 4.78 is 24.8. The molecule has 0 saturated carbocycles. The fourth-order valence-corrected chi connectivity index (χ4v) is 3.59. The van der Waals surface area contributed by atoms with Crippen LogP contribution in [0.15, 0.2) is 35.5 Å². The Balaban J connectivity index is 0.00000364. The first kappa shape index (κ1) is 23.7. The van der Waals surface area contributed by atoms with Gasteiger partial charge in [0.15, 0.2) is 5.96 Å². The molecule has 1 aromatic carbocycles. The van der Waals surface area contributed by atoms with Crippen molar-refractivity contribution in [2.75, 3.05) is 39.5 Å². The molecule has 3 N–H and O–H groups in total. The Morgan fingerprint density at radius 1 is 1.22 bits per heavy atom. The fraction of sp³-hybridized carbons (Fsp3) is 0.500. The standard InChI is InChI=1S/C18H29N5O2S.HI/c1-4-26(24,25)23(3)13-7-11-20-18(19-2)21-12-10-15-14-22-17-9-6-5-8-16(15)17;/h5-6,8-9,14,22H,4,7,10-13H2,1-3H3,(H2,19,20,21);1H. The first-order valence-electron chi connectivity index (χ1n) is 8.91. The number of sulfonamides is 1. The van der Waals surface area contributed by atoms with E-state index in [2.05, 4.69) is 32.7 Å². The summed E-state index contributed by atoms with van der Waals surface area (Å²) in [6, 6.07) is 8.26. The molecule has 0 fully saturated rings. The number of halogens is 1. The van der Waals surface area contributed by atoms with Gasteiger partial charge in [-0.3, -0.25) is 4.99 Å². The maximum absolute atomic E-state index is 11.7. The van der Waals surface area contributed by atoms with E-state index in [1.165, 1.54) is 15.3 Å². The minimum absolute atomic E-state index is 0. The third-order valence-electron chi connectivity index (χ3n) is 4.37. The summed E-state index contributed by atoms with van der Waals surface area (Å²) in [6.45, 7) is 3.58. The van der Waals surface area contributed by atoms with Gasteiger partial charge in [0.05, 0.1) is 5.75 Å². The fourth-order valence-electron chi connectivity index (χ4n) is 2.74. The predicted molar refractivity (Wildman–Crippen MR) is 123 cm³/mol. The molecule has 0 radical (unpaired) electrons. The highest BCUT2D eigenvalue weighted by molar-refractivity contribution is 14.0. The van der Waals surface area contributed by atoms with Crippen molar-refractivity contribution >= 4 is 50.9 Å². The van der Waals surface area contributed by atoms with Gasteiger partial charge in [0, 0.05) is 50.8 Å². The largest absolute Gasteiger partial charge is 0.361 e. The molecule has 7 nitrogen and oxygen atoms in total. The van der Waals surface area contributed by atoms with Gasteiger partial charge in [-0.1, -0.05) is 18.2 Å². The van der Waals surface area contributed by atoms with Crippen molar-refractivity contribution in [3.8, 4) is 0 Å². The number of hydrogen-bond acceptors (Lipinski definition) is 3. The van der Waals surface area contributed by atoms with E-state index in [0.29, 0.717) is 13.1 Å². The average Bonchev–Trinajstić information content (AvgIpc) is 3.06. The molecule has 0 bridgehead atoms. The molecule has 2 aromatic rings. The first-order chi connectivity index (χ1) is 12.5. The maximum Gasteiger partial charge on any atom is 0.213 e. The van der Waals surface area contributed by atoms with E-state index >= 15 is 0 Å². The van der Waals surface area contributed by atoms with Crippen LogP contribution in [0.4, 0.5) is 0 Å². The normalized spacial score (nSPS) is 12.2. The van der Waals surface area contributed by atoms with Crippen molar-refractivity contribution in [1.82, 2.24) is 19.9 Å². The molecule has 0 unspecified atom stereocenters. The van der Waals surface area contributed by atoms with Gasteiger partial charge in [0.25, 0.3) is 0 Å². The number of guanidine groups is 1. The van der Waals surface area contributed by atoms with Crippen molar-refractivity contribution in [3.63, 3.8) is 0 Å². The van der Waals surface area contributed by atoms with Gasteiger partial charge in [0.1, 0.15) is 0 Å². The lowest BCUT2D eigenvalue weighted by atomic mass is 10.1. The Bertz CT molecular complexity index is 835. The Labute approximate surface area is 179 Å². The lowest BCUT2D eigenvalue weighted by molar-refractivity contribution is 0.461. The number of rotatable bonds is 9. The number of H-pyrrole nitrogens is 1. The lowest BCUT2D eigenvalue weighted by Crippen LogP contribution is -2.39. The van der Waals surface area contributed by atoms with Gasteiger partial charge in [-0.15, -0.1) is 24.0 Å². The number of aliphatic imine (C=N–C) groups is 1. The quantitative estimate of drug-likeness (QED) is 0.210. The van der Waals surface area contributed by atoms with Crippen LogP contribution in [0, 0.1) is 0 Å². The average molecular weight is 507 g/mol. The Morgan fingerprint density at radius 3 is 2.63 bits per heavy atom. The molecule has 0 aliphatic rings. The molecular formula is C18H30IN5O2S. The zero-order valence-corrected chi connectivity index (χ0v) is 19.3. The van der Waals surface area contributed by atoms with Gasteiger partial charge in [0.2, 0.25) is 10.0 Å². The second-order valence-electron chi connectivity index (χ2n) is 6.11. The molecule has 0 aliphatic heterocycles. The molecule has 27 heavy (non-hydrogen) atoms. The molecule has 0 atom stereocenters. The SMILES string of the molecule is CCS(=O)(=O)N(C)CCCNC(=NC)NCCc1c[nH]c2ccccc12.I. The number of nitrogens with one attached hydrogen (secondary N) is 3. The molecular weight excluding hydrogens is 477 g/mol. The van der Waals surface area contributed by atoms with E-state index in [1.807, 2.05) is 18.3 Å². The monoisotopic (exact) mass is 507 g/mol. The minimum Gasteiger partial charge on any atom is -0.361 e. The van der Waals surface area contributed by atoms with Crippen molar-refractivity contribution < 1.29 is 8.42 Å². The summed E-state index contributed by atoms with van der Waals surface area (Å²) in [7, 11) is 0.244. The summed E-state index contributed by atoms with van der Waals surface area (Å²) in [5.41, 5.74) is 2.42. The number of fused-ring (bicyclic) bond motifs is 1. The van der Waals surface area contributed by atoms with E-state index in [9.17, 15) is 8.42 Å².